The number of thioether (sulfide) groups is 1. The Balaban J connectivity index is 1.25. The maximum absolute atomic E-state index is 13.6. The fourth-order valence-electron chi connectivity index (χ4n) is 4.23. The Labute approximate surface area is 229 Å². The molecule has 6 rings (SSSR count). The van der Waals surface area contributed by atoms with Crippen molar-refractivity contribution in [2.45, 2.75) is 19.1 Å². The van der Waals surface area contributed by atoms with E-state index in [9.17, 15) is 9.59 Å². The zero-order chi connectivity index (χ0) is 26.9. The first kappa shape index (κ1) is 24.9. The lowest BCUT2D eigenvalue weighted by Gasteiger charge is -2.21. The highest BCUT2D eigenvalue weighted by molar-refractivity contribution is 8.15. The first-order valence-corrected chi connectivity index (χ1v) is 13.3. The number of hydrogen-bond acceptors (Lipinski definition) is 8. The highest BCUT2D eigenvalue weighted by atomic mass is 32.2. The van der Waals surface area contributed by atoms with Crippen LogP contribution in [0, 0.1) is 6.92 Å². The van der Waals surface area contributed by atoms with Gasteiger partial charge in [0.1, 0.15) is 18.9 Å². The highest BCUT2D eigenvalue weighted by Gasteiger charge is 2.34. The molecule has 3 heterocycles. The first-order chi connectivity index (χ1) is 18.9. The van der Waals surface area contributed by atoms with E-state index in [1.807, 2.05) is 43.3 Å². The molecule has 1 unspecified atom stereocenters. The van der Waals surface area contributed by atoms with Gasteiger partial charge in [0, 0.05) is 11.8 Å². The van der Waals surface area contributed by atoms with E-state index >= 15 is 0 Å². The van der Waals surface area contributed by atoms with Gasteiger partial charge in [-0.1, -0.05) is 35.5 Å². The zero-order valence-electron chi connectivity index (χ0n) is 21.3. The molecule has 0 radical (unpaired) electrons. The van der Waals surface area contributed by atoms with Crippen molar-refractivity contribution in [2.75, 3.05) is 30.2 Å². The molecule has 0 spiro atoms. The molecule has 0 fully saturated rings. The van der Waals surface area contributed by atoms with E-state index in [1.165, 1.54) is 16.7 Å². The molecule has 10 heteroatoms. The predicted octanol–water partition coefficient (Wildman–Crippen LogP) is 5.00. The van der Waals surface area contributed by atoms with E-state index in [0.29, 0.717) is 52.8 Å². The number of amides is 2. The molecule has 3 aliphatic rings. The van der Waals surface area contributed by atoms with Crippen molar-refractivity contribution in [3.63, 3.8) is 0 Å². The van der Waals surface area contributed by atoms with Gasteiger partial charge in [-0.25, -0.2) is 4.99 Å². The molecule has 0 saturated heterocycles. The third-order valence-electron chi connectivity index (χ3n) is 6.28. The second-order valence-electron chi connectivity index (χ2n) is 9.12. The van der Waals surface area contributed by atoms with Crippen LogP contribution in [-0.2, 0) is 9.59 Å². The summed E-state index contributed by atoms with van der Waals surface area (Å²) >= 11 is 1.21. The SMILES string of the molecule is Cc1ccc(N2C(=O)/C(=C/c3ccc4c(c3)OCO4)N=C2SC(C)C(=O)Nc2ccc3c(c2)OCCO3)cc1. The zero-order valence-corrected chi connectivity index (χ0v) is 22.1. The van der Waals surface area contributed by atoms with E-state index in [1.54, 1.807) is 37.3 Å². The topological polar surface area (TPSA) is 98.7 Å². The predicted molar refractivity (Wildman–Crippen MR) is 150 cm³/mol. The number of aryl methyl sites for hydroxylation is 1. The molecular weight excluding hydrogens is 518 g/mol. The normalized spacial score (nSPS) is 17.3. The van der Waals surface area contributed by atoms with Gasteiger partial charge in [-0.2, -0.15) is 0 Å². The van der Waals surface area contributed by atoms with Crippen LogP contribution in [-0.4, -0.2) is 42.2 Å². The standard InChI is InChI=1S/C29H25N3O6S/c1-17-3-7-21(8-4-17)32-28(34)22(13-19-5-9-24-25(14-19)38-16-37-24)31-29(32)39-18(2)27(33)30-20-6-10-23-26(15-20)36-12-11-35-23/h3-10,13-15,18H,11-12,16H2,1-2H3,(H,30,33)/b22-13-. The van der Waals surface area contributed by atoms with Crippen LogP contribution in [0.5, 0.6) is 23.0 Å². The van der Waals surface area contributed by atoms with Crippen LogP contribution < -0.4 is 29.2 Å². The number of fused-ring (bicyclic) bond motifs is 2. The van der Waals surface area contributed by atoms with Gasteiger partial charge in [-0.05, 0) is 61.9 Å². The van der Waals surface area contributed by atoms with Crippen molar-refractivity contribution < 1.29 is 28.5 Å². The Morgan fingerprint density at radius 2 is 1.64 bits per heavy atom. The van der Waals surface area contributed by atoms with Gasteiger partial charge in [0.2, 0.25) is 12.7 Å². The lowest BCUT2D eigenvalue weighted by atomic mass is 10.1. The monoisotopic (exact) mass is 543 g/mol. The van der Waals surface area contributed by atoms with E-state index in [0.717, 1.165) is 11.1 Å². The van der Waals surface area contributed by atoms with Crippen LogP contribution in [0.15, 0.2) is 71.4 Å². The third-order valence-corrected chi connectivity index (χ3v) is 7.34. The van der Waals surface area contributed by atoms with E-state index < -0.39 is 5.25 Å². The van der Waals surface area contributed by atoms with Gasteiger partial charge < -0.3 is 24.3 Å². The summed E-state index contributed by atoms with van der Waals surface area (Å²) in [5.74, 6) is 2.01. The molecular formula is C29H25N3O6S. The van der Waals surface area contributed by atoms with Crippen molar-refractivity contribution in [1.29, 1.82) is 0 Å². The first-order valence-electron chi connectivity index (χ1n) is 12.4. The summed E-state index contributed by atoms with van der Waals surface area (Å²) < 4.78 is 22.0. The van der Waals surface area contributed by atoms with Gasteiger partial charge in [0.05, 0.1) is 10.9 Å². The van der Waals surface area contributed by atoms with Gasteiger partial charge >= 0.3 is 0 Å². The maximum Gasteiger partial charge on any atom is 0.283 e. The van der Waals surface area contributed by atoms with Crippen molar-refractivity contribution in [3.8, 4) is 23.0 Å². The summed E-state index contributed by atoms with van der Waals surface area (Å²) in [4.78, 5) is 32.9. The number of carbonyl (C=O) groups is 2. The number of nitrogens with one attached hydrogen (secondary N) is 1. The van der Waals surface area contributed by atoms with Crippen LogP contribution in [0.1, 0.15) is 18.1 Å². The number of ether oxygens (including phenoxy) is 4. The molecule has 3 aromatic carbocycles. The third kappa shape index (κ3) is 5.15. The van der Waals surface area contributed by atoms with Crippen LogP contribution in [0.2, 0.25) is 0 Å². The summed E-state index contributed by atoms with van der Waals surface area (Å²) in [6, 6.07) is 18.3. The molecule has 1 N–H and O–H groups in total. The number of benzene rings is 3. The van der Waals surface area contributed by atoms with Gasteiger partial charge in [0.25, 0.3) is 5.91 Å². The number of amidine groups is 1. The quantitative estimate of drug-likeness (QED) is 0.452. The number of rotatable bonds is 5. The second-order valence-corrected chi connectivity index (χ2v) is 10.4. The van der Waals surface area contributed by atoms with E-state index in [-0.39, 0.29) is 24.3 Å². The van der Waals surface area contributed by atoms with E-state index in [2.05, 4.69) is 10.3 Å². The minimum absolute atomic E-state index is 0.167. The molecule has 0 saturated carbocycles. The van der Waals surface area contributed by atoms with Crippen molar-refractivity contribution in [2.24, 2.45) is 4.99 Å². The summed E-state index contributed by atoms with van der Waals surface area (Å²) in [6.45, 7) is 4.88. The Morgan fingerprint density at radius 3 is 2.46 bits per heavy atom. The highest BCUT2D eigenvalue weighted by Crippen LogP contribution is 2.36. The molecule has 2 amide bonds. The van der Waals surface area contributed by atoms with Crippen molar-refractivity contribution >= 4 is 46.2 Å². The summed E-state index contributed by atoms with van der Waals surface area (Å²) in [5.41, 5.74) is 3.35. The Morgan fingerprint density at radius 1 is 0.949 bits per heavy atom. The molecule has 0 aliphatic carbocycles. The number of carbonyl (C=O) groups excluding carboxylic acids is 2. The molecule has 1 atom stereocenters. The van der Waals surface area contributed by atoms with Crippen LogP contribution in [0.4, 0.5) is 11.4 Å². The number of hydrogen-bond donors (Lipinski definition) is 1. The Hall–Kier alpha value is -4.44. The minimum atomic E-state index is -0.553. The number of aliphatic imine (C=N–C) groups is 1. The number of nitrogens with zero attached hydrogens (tertiary/aromatic N) is 2. The summed E-state index contributed by atoms with van der Waals surface area (Å²) in [6.07, 6.45) is 1.71. The largest absolute Gasteiger partial charge is 0.486 e. The molecule has 0 bridgehead atoms. The molecule has 39 heavy (non-hydrogen) atoms. The van der Waals surface area contributed by atoms with Crippen LogP contribution in [0.3, 0.4) is 0 Å². The fourth-order valence-corrected chi connectivity index (χ4v) is 5.16. The average Bonchev–Trinajstić information content (AvgIpc) is 3.53. The molecule has 198 valence electrons. The smallest absolute Gasteiger partial charge is 0.283 e. The Kier molecular flexibility index (Phi) is 6.62. The maximum atomic E-state index is 13.6. The van der Waals surface area contributed by atoms with Gasteiger partial charge in [-0.3, -0.25) is 14.5 Å². The van der Waals surface area contributed by atoms with Crippen LogP contribution in [0.25, 0.3) is 6.08 Å². The molecule has 0 aromatic heterocycles. The molecule has 3 aromatic rings. The van der Waals surface area contributed by atoms with Crippen molar-refractivity contribution in [3.05, 3.63) is 77.5 Å². The minimum Gasteiger partial charge on any atom is -0.486 e. The van der Waals surface area contributed by atoms with Gasteiger partial charge in [-0.15, -0.1) is 0 Å². The summed E-state index contributed by atoms with van der Waals surface area (Å²) in [5, 5.41) is 2.78. The summed E-state index contributed by atoms with van der Waals surface area (Å²) in [7, 11) is 0. The second kappa shape index (κ2) is 10.4. The van der Waals surface area contributed by atoms with Gasteiger partial charge in [0.15, 0.2) is 28.2 Å². The number of anilines is 2. The molecule has 3 aliphatic heterocycles. The van der Waals surface area contributed by atoms with Crippen molar-refractivity contribution in [1.82, 2.24) is 0 Å². The molecule has 9 nitrogen and oxygen atoms in total. The average molecular weight is 544 g/mol. The lowest BCUT2D eigenvalue weighted by molar-refractivity contribution is -0.115. The van der Waals surface area contributed by atoms with E-state index in [4.69, 9.17) is 18.9 Å². The fraction of sp³-hybridized carbons (Fsp3) is 0.207. The Bertz CT molecular complexity index is 1520. The van der Waals surface area contributed by atoms with Crippen LogP contribution >= 0.6 is 11.8 Å². The lowest BCUT2D eigenvalue weighted by Crippen LogP contribution is -2.33.